The maximum atomic E-state index is 10.7. The first-order valence-electron chi connectivity index (χ1n) is 6.20. The minimum absolute atomic E-state index is 0.113. The van der Waals surface area contributed by atoms with Gasteiger partial charge in [-0.2, -0.15) is 5.10 Å². The minimum atomic E-state index is -0.872. The molecule has 0 saturated heterocycles. The Morgan fingerprint density at radius 3 is 2.70 bits per heavy atom. The molecule has 2 aromatic rings. The summed E-state index contributed by atoms with van der Waals surface area (Å²) in [5, 5.41) is 15.5. The third-order valence-corrected chi connectivity index (χ3v) is 3.98. The number of aliphatic hydroxyl groups is 1. The summed E-state index contributed by atoms with van der Waals surface area (Å²) in [5.41, 5.74) is 1.30. The Morgan fingerprint density at radius 2 is 2.10 bits per heavy atom. The molecule has 0 spiro atoms. The van der Waals surface area contributed by atoms with Crippen molar-refractivity contribution in [3.63, 3.8) is 0 Å². The SMILES string of the molecule is COc1cnn(C(C)C)c1C(O)c1cc(Cl)ccc1Br. The zero-order chi connectivity index (χ0) is 14.9. The number of hydrogen-bond acceptors (Lipinski definition) is 3. The molecular weight excluding hydrogens is 344 g/mol. The number of benzene rings is 1. The second-order valence-corrected chi connectivity index (χ2v) is 6.00. The fourth-order valence-electron chi connectivity index (χ4n) is 2.06. The predicted molar refractivity (Wildman–Crippen MR) is 82.4 cm³/mol. The van der Waals surface area contributed by atoms with Gasteiger partial charge >= 0.3 is 0 Å². The van der Waals surface area contributed by atoms with Crippen molar-refractivity contribution in [2.24, 2.45) is 0 Å². The fourth-order valence-corrected chi connectivity index (χ4v) is 2.70. The lowest BCUT2D eigenvalue weighted by Gasteiger charge is -2.18. The van der Waals surface area contributed by atoms with E-state index in [1.54, 1.807) is 30.1 Å². The number of hydrogen-bond donors (Lipinski definition) is 1. The molecule has 1 atom stereocenters. The number of rotatable bonds is 4. The van der Waals surface area contributed by atoms with Crippen molar-refractivity contribution < 1.29 is 9.84 Å². The van der Waals surface area contributed by atoms with Gasteiger partial charge in [-0.1, -0.05) is 27.5 Å². The van der Waals surface area contributed by atoms with E-state index < -0.39 is 6.10 Å². The molecule has 20 heavy (non-hydrogen) atoms. The van der Waals surface area contributed by atoms with Crippen LogP contribution in [0, 0.1) is 0 Å². The molecule has 4 nitrogen and oxygen atoms in total. The maximum absolute atomic E-state index is 10.7. The van der Waals surface area contributed by atoms with E-state index in [9.17, 15) is 5.11 Å². The highest BCUT2D eigenvalue weighted by Gasteiger charge is 2.24. The second-order valence-electron chi connectivity index (χ2n) is 4.70. The summed E-state index contributed by atoms with van der Waals surface area (Å²) >= 11 is 9.45. The molecule has 0 aliphatic rings. The number of aliphatic hydroxyl groups excluding tert-OH is 1. The van der Waals surface area contributed by atoms with Crippen molar-refractivity contribution in [1.29, 1.82) is 0 Å². The van der Waals surface area contributed by atoms with Crippen LogP contribution in [0.15, 0.2) is 28.9 Å². The van der Waals surface area contributed by atoms with E-state index in [2.05, 4.69) is 21.0 Å². The van der Waals surface area contributed by atoms with E-state index in [0.717, 1.165) is 4.47 Å². The lowest BCUT2D eigenvalue weighted by molar-refractivity contribution is 0.199. The maximum Gasteiger partial charge on any atom is 0.163 e. The van der Waals surface area contributed by atoms with Gasteiger partial charge in [-0.15, -0.1) is 0 Å². The Balaban J connectivity index is 2.55. The van der Waals surface area contributed by atoms with Crippen molar-refractivity contribution in [1.82, 2.24) is 9.78 Å². The molecule has 0 aliphatic carbocycles. The molecule has 0 saturated carbocycles. The van der Waals surface area contributed by atoms with Crippen molar-refractivity contribution in [3.8, 4) is 5.75 Å². The standard InChI is InChI=1S/C14H16BrClN2O2/c1-8(2)18-13(12(20-3)7-17-18)14(19)10-6-9(16)4-5-11(10)15/h4-8,14,19H,1-3H3. The van der Waals surface area contributed by atoms with Crippen molar-refractivity contribution in [3.05, 3.63) is 45.1 Å². The summed E-state index contributed by atoms with van der Waals surface area (Å²) in [6.07, 6.45) is 0.736. The first kappa shape index (κ1) is 15.4. The van der Waals surface area contributed by atoms with E-state index in [1.165, 1.54) is 0 Å². The zero-order valence-corrected chi connectivity index (χ0v) is 13.8. The smallest absolute Gasteiger partial charge is 0.163 e. The van der Waals surface area contributed by atoms with E-state index in [-0.39, 0.29) is 6.04 Å². The monoisotopic (exact) mass is 358 g/mol. The molecular formula is C14H16BrClN2O2. The third kappa shape index (κ3) is 2.85. The second kappa shape index (κ2) is 6.16. The van der Waals surface area contributed by atoms with Gasteiger partial charge in [0.1, 0.15) is 11.8 Å². The highest BCUT2D eigenvalue weighted by molar-refractivity contribution is 9.10. The van der Waals surface area contributed by atoms with Gasteiger partial charge in [-0.05, 0) is 32.0 Å². The average Bonchev–Trinajstić information content (AvgIpc) is 2.84. The Hall–Kier alpha value is -1.04. The summed E-state index contributed by atoms with van der Waals surface area (Å²) in [6.45, 7) is 3.99. The van der Waals surface area contributed by atoms with Crippen LogP contribution in [0.1, 0.15) is 37.3 Å². The zero-order valence-electron chi connectivity index (χ0n) is 11.5. The van der Waals surface area contributed by atoms with Gasteiger partial charge in [0.2, 0.25) is 0 Å². The van der Waals surface area contributed by atoms with Crippen LogP contribution in [-0.4, -0.2) is 22.0 Å². The molecule has 1 N–H and O–H groups in total. The van der Waals surface area contributed by atoms with E-state index in [0.29, 0.717) is 22.0 Å². The van der Waals surface area contributed by atoms with Crippen LogP contribution in [0.25, 0.3) is 0 Å². The van der Waals surface area contributed by atoms with Gasteiger partial charge in [0.05, 0.1) is 13.3 Å². The number of nitrogens with zero attached hydrogens (tertiary/aromatic N) is 2. The molecule has 0 fully saturated rings. The van der Waals surface area contributed by atoms with Crippen LogP contribution < -0.4 is 4.74 Å². The number of methoxy groups -OCH3 is 1. The van der Waals surface area contributed by atoms with E-state index in [1.807, 2.05) is 19.9 Å². The van der Waals surface area contributed by atoms with Gasteiger partial charge in [-0.25, -0.2) is 0 Å². The molecule has 108 valence electrons. The Labute approximate surface area is 131 Å². The molecule has 1 heterocycles. The first-order chi connectivity index (χ1) is 9.45. The number of halogens is 2. The van der Waals surface area contributed by atoms with E-state index in [4.69, 9.17) is 16.3 Å². The summed E-state index contributed by atoms with van der Waals surface area (Å²) < 4.78 is 7.83. The fraction of sp³-hybridized carbons (Fsp3) is 0.357. The molecule has 0 bridgehead atoms. The van der Waals surface area contributed by atoms with Crippen LogP contribution in [-0.2, 0) is 0 Å². The summed E-state index contributed by atoms with van der Waals surface area (Å²) in [4.78, 5) is 0. The number of ether oxygens (including phenoxy) is 1. The molecule has 2 rings (SSSR count). The minimum Gasteiger partial charge on any atom is -0.493 e. The average molecular weight is 360 g/mol. The molecule has 0 amide bonds. The van der Waals surface area contributed by atoms with Gasteiger partial charge < -0.3 is 9.84 Å². The molecule has 1 aromatic carbocycles. The van der Waals surface area contributed by atoms with E-state index >= 15 is 0 Å². The molecule has 0 radical (unpaired) electrons. The molecule has 0 aliphatic heterocycles. The van der Waals surface area contributed by atoms with Crippen LogP contribution in [0.2, 0.25) is 5.02 Å². The van der Waals surface area contributed by atoms with Gasteiger partial charge in [0, 0.05) is 21.1 Å². The van der Waals surface area contributed by atoms with Gasteiger partial charge in [0.15, 0.2) is 5.75 Å². The molecule has 6 heteroatoms. The Morgan fingerprint density at radius 1 is 1.40 bits per heavy atom. The number of aromatic nitrogens is 2. The summed E-state index contributed by atoms with van der Waals surface area (Å²) in [7, 11) is 1.56. The summed E-state index contributed by atoms with van der Waals surface area (Å²) in [6, 6.07) is 5.41. The van der Waals surface area contributed by atoms with Crippen LogP contribution >= 0.6 is 27.5 Å². The predicted octanol–water partition coefficient (Wildman–Crippen LogP) is 3.97. The molecule has 1 unspecified atom stereocenters. The van der Waals surface area contributed by atoms with Crippen molar-refractivity contribution in [2.45, 2.75) is 26.0 Å². The first-order valence-corrected chi connectivity index (χ1v) is 7.37. The highest BCUT2D eigenvalue weighted by atomic mass is 79.9. The lowest BCUT2D eigenvalue weighted by Crippen LogP contribution is -2.13. The van der Waals surface area contributed by atoms with Crippen molar-refractivity contribution in [2.75, 3.05) is 7.11 Å². The normalized spacial score (nSPS) is 12.8. The van der Waals surface area contributed by atoms with Crippen LogP contribution in [0.4, 0.5) is 0 Å². The Kier molecular flexibility index (Phi) is 4.73. The van der Waals surface area contributed by atoms with Crippen LogP contribution in [0.5, 0.6) is 5.75 Å². The van der Waals surface area contributed by atoms with Crippen molar-refractivity contribution >= 4 is 27.5 Å². The van der Waals surface area contributed by atoms with Gasteiger partial charge in [-0.3, -0.25) is 4.68 Å². The quantitative estimate of drug-likeness (QED) is 0.898. The van der Waals surface area contributed by atoms with Crippen LogP contribution in [0.3, 0.4) is 0 Å². The highest BCUT2D eigenvalue weighted by Crippen LogP contribution is 2.36. The van der Waals surface area contributed by atoms with Gasteiger partial charge in [0.25, 0.3) is 0 Å². The third-order valence-electron chi connectivity index (χ3n) is 3.02. The lowest BCUT2D eigenvalue weighted by atomic mass is 10.1. The topological polar surface area (TPSA) is 47.3 Å². The summed E-state index contributed by atoms with van der Waals surface area (Å²) in [5.74, 6) is 0.554. The Bertz CT molecular complexity index is 613. The largest absolute Gasteiger partial charge is 0.493 e. The molecule has 1 aromatic heterocycles.